The smallest absolute Gasteiger partial charge is 0.416 e. The summed E-state index contributed by atoms with van der Waals surface area (Å²) in [6, 6.07) is 15.7. The molecule has 0 fully saturated rings. The van der Waals surface area contributed by atoms with Crippen molar-refractivity contribution in [2.24, 2.45) is 0 Å². The van der Waals surface area contributed by atoms with E-state index in [1.165, 1.54) is 31.2 Å². The molecule has 4 aromatic carbocycles. The number of carbonyl (C=O) groups excluding carboxylic acids is 1. The first-order valence-corrected chi connectivity index (χ1v) is 13.1. The van der Waals surface area contributed by atoms with Gasteiger partial charge in [-0.25, -0.2) is 28.3 Å². The van der Waals surface area contributed by atoms with Crippen molar-refractivity contribution in [3.8, 4) is 28.7 Å². The number of hydrogen-bond acceptors (Lipinski definition) is 10. The molecule has 6 rings (SSSR count). The number of nitrogens with zero attached hydrogens (tertiary/aromatic N) is 3. The lowest BCUT2D eigenvalue weighted by molar-refractivity contribution is -0.383. The number of nitro groups is 1. The number of aromatic nitrogens is 2. The molecular formula is C31H16F5N3O8. The van der Waals surface area contributed by atoms with Gasteiger partial charge in [-0.15, -0.1) is 0 Å². The third-order valence-electron chi connectivity index (χ3n) is 6.34. The lowest BCUT2D eigenvalue weighted by Crippen LogP contribution is -2.09. The predicted octanol–water partition coefficient (Wildman–Crippen LogP) is 6.84. The number of alkyl halides is 3. The van der Waals surface area contributed by atoms with Crippen molar-refractivity contribution in [3.63, 3.8) is 0 Å². The highest BCUT2D eigenvalue weighted by Gasteiger charge is 2.31. The number of hydrogen-bond donors (Lipinski definition) is 0. The van der Waals surface area contributed by atoms with Crippen molar-refractivity contribution in [3.05, 3.63) is 127 Å². The monoisotopic (exact) mass is 653 g/mol. The molecule has 0 bridgehead atoms. The number of esters is 1. The second-order valence-corrected chi connectivity index (χ2v) is 9.46. The maximum atomic E-state index is 13.7. The maximum Gasteiger partial charge on any atom is 0.416 e. The van der Waals surface area contributed by atoms with Crippen LogP contribution in [0.5, 0.6) is 5.75 Å². The molecule has 2 heterocycles. The quantitative estimate of drug-likeness (QED) is 0.0649. The van der Waals surface area contributed by atoms with Gasteiger partial charge in [0, 0.05) is 13.0 Å². The molecule has 0 aliphatic heterocycles. The van der Waals surface area contributed by atoms with E-state index in [1.807, 2.05) is 0 Å². The number of fused-ring (bicyclic) bond motifs is 2. The van der Waals surface area contributed by atoms with Gasteiger partial charge < -0.3 is 13.6 Å². The van der Waals surface area contributed by atoms with Crippen LogP contribution in [0.1, 0.15) is 12.5 Å². The number of benzene rings is 4. The Morgan fingerprint density at radius 2 is 1.47 bits per heavy atom. The van der Waals surface area contributed by atoms with Gasteiger partial charge in [-0.2, -0.15) is 13.2 Å². The number of nitro benzene ring substituents is 1. The summed E-state index contributed by atoms with van der Waals surface area (Å²) in [5.74, 6) is -3.12. The Balaban J connectivity index is 0.000000185. The third-order valence-corrected chi connectivity index (χ3v) is 6.34. The van der Waals surface area contributed by atoms with E-state index in [1.54, 1.807) is 18.2 Å². The Bertz CT molecular complexity index is 2300. The first-order valence-electron chi connectivity index (χ1n) is 13.1. The summed E-state index contributed by atoms with van der Waals surface area (Å²) in [6.07, 6.45) is -4.64. The topological polar surface area (TPSA) is 156 Å². The number of para-hydroxylation sites is 1. The van der Waals surface area contributed by atoms with Crippen molar-refractivity contribution >= 4 is 33.5 Å². The molecule has 0 saturated carbocycles. The molecule has 0 radical (unpaired) electrons. The SMILES string of the molecule is CC(=O)Oc1ccccc1-c1nc2cccc([N+](=O)[O-])c2c(=O)o1.O=c1oc(-c2c(F)cccc2F)nc2ccc(C(F)(F)F)cc12. The Hall–Kier alpha value is -6.32. The highest BCUT2D eigenvalue weighted by Crippen LogP contribution is 2.32. The van der Waals surface area contributed by atoms with Crippen LogP contribution in [0, 0.1) is 21.7 Å². The van der Waals surface area contributed by atoms with E-state index in [4.69, 9.17) is 13.6 Å². The Morgan fingerprint density at radius 1 is 0.830 bits per heavy atom. The summed E-state index contributed by atoms with van der Waals surface area (Å²) in [6.45, 7) is 1.24. The van der Waals surface area contributed by atoms with E-state index < -0.39 is 62.4 Å². The first kappa shape index (κ1) is 32.1. The number of carbonyl (C=O) groups is 1. The molecule has 0 amide bonds. The van der Waals surface area contributed by atoms with Crippen LogP contribution in [0.2, 0.25) is 0 Å². The molecule has 0 saturated heterocycles. The summed E-state index contributed by atoms with van der Waals surface area (Å²) >= 11 is 0. The van der Waals surface area contributed by atoms with Gasteiger partial charge in [0.05, 0.1) is 32.5 Å². The molecular weight excluding hydrogens is 637 g/mol. The van der Waals surface area contributed by atoms with Gasteiger partial charge in [-0.1, -0.05) is 24.3 Å². The molecule has 2 aromatic heterocycles. The molecule has 0 N–H and O–H groups in total. The minimum Gasteiger partial charge on any atom is -0.426 e. The molecule has 0 spiro atoms. The van der Waals surface area contributed by atoms with E-state index in [9.17, 15) is 46.5 Å². The van der Waals surface area contributed by atoms with Crippen LogP contribution >= 0.6 is 0 Å². The van der Waals surface area contributed by atoms with Crippen molar-refractivity contribution in [2.75, 3.05) is 0 Å². The molecule has 0 aliphatic carbocycles. The summed E-state index contributed by atoms with van der Waals surface area (Å²) in [4.78, 5) is 53.5. The molecule has 16 heteroatoms. The fraction of sp³-hybridized carbons (Fsp3) is 0.0645. The fourth-order valence-corrected chi connectivity index (χ4v) is 4.31. The molecule has 238 valence electrons. The van der Waals surface area contributed by atoms with Gasteiger partial charge in [0.15, 0.2) is 5.39 Å². The third kappa shape index (κ3) is 6.70. The fourth-order valence-electron chi connectivity index (χ4n) is 4.31. The molecule has 0 unspecified atom stereocenters. The van der Waals surface area contributed by atoms with Crippen molar-refractivity contribution in [1.82, 2.24) is 9.97 Å². The van der Waals surface area contributed by atoms with Gasteiger partial charge >= 0.3 is 23.4 Å². The van der Waals surface area contributed by atoms with Crippen LogP contribution in [0.25, 0.3) is 44.7 Å². The number of non-ortho nitro benzene ring substituents is 1. The molecule has 0 aliphatic rings. The Labute approximate surface area is 257 Å². The van der Waals surface area contributed by atoms with Gasteiger partial charge in [0.25, 0.3) is 5.69 Å². The second kappa shape index (κ2) is 12.6. The van der Waals surface area contributed by atoms with Crippen LogP contribution in [0.4, 0.5) is 27.6 Å². The highest BCUT2D eigenvalue weighted by molar-refractivity contribution is 5.88. The van der Waals surface area contributed by atoms with E-state index in [2.05, 4.69) is 9.97 Å². The van der Waals surface area contributed by atoms with E-state index in [0.29, 0.717) is 11.6 Å². The van der Waals surface area contributed by atoms with E-state index >= 15 is 0 Å². The van der Waals surface area contributed by atoms with Crippen LogP contribution < -0.4 is 16.0 Å². The minimum absolute atomic E-state index is 0.0927. The van der Waals surface area contributed by atoms with Gasteiger partial charge in [0.1, 0.15) is 22.9 Å². The molecule has 47 heavy (non-hydrogen) atoms. The average Bonchev–Trinajstić information content (AvgIpc) is 3.00. The average molecular weight is 653 g/mol. The summed E-state index contributed by atoms with van der Waals surface area (Å²) in [7, 11) is 0. The lowest BCUT2D eigenvalue weighted by atomic mass is 10.1. The lowest BCUT2D eigenvalue weighted by Gasteiger charge is -2.08. The summed E-state index contributed by atoms with van der Waals surface area (Å²) in [5, 5.41) is 10.4. The maximum absolute atomic E-state index is 13.7. The molecule has 0 atom stereocenters. The Kier molecular flexibility index (Phi) is 8.59. The van der Waals surface area contributed by atoms with Gasteiger partial charge in [0.2, 0.25) is 11.8 Å². The number of ether oxygens (including phenoxy) is 1. The molecule has 6 aromatic rings. The van der Waals surface area contributed by atoms with Crippen LogP contribution in [0.15, 0.2) is 97.3 Å². The number of halogens is 5. The summed E-state index contributed by atoms with van der Waals surface area (Å²) < 4.78 is 80.2. The predicted molar refractivity (Wildman–Crippen MR) is 154 cm³/mol. The minimum atomic E-state index is -4.64. The van der Waals surface area contributed by atoms with Gasteiger partial charge in [-0.05, 0) is 48.5 Å². The largest absolute Gasteiger partial charge is 0.426 e. The van der Waals surface area contributed by atoms with E-state index in [-0.39, 0.29) is 33.7 Å². The zero-order valence-corrected chi connectivity index (χ0v) is 23.5. The zero-order valence-electron chi connectivity index (χ0n) is 23.5. The van der Waals surface area contributed by atoms with Crippen molar-refractivity contribution in [2.45, 2.75) is 13.1 Å². The Morgan fingerprint density at radius 3 is 2.13 bits per heavy atom. The normalized spacial score (nSPS) is 11.2. The van der Waals surface area contributed by atoms with Crippen molar-refractivity contribution in [1.29, 1.82) is 0 Å². The van der Waals surface area contributed by atoms with Crippen molar-refractivity contribution < 1.29 is 45.2 Å². The molecule has 11 nitrogen and oxygen atoms in total. The number of rotatable bonds is 4. The van der Waals surface area contributed by atoms with Crippen LogP contribution in [-0.4, -0.2) is 20.9 Å². The first-order chi connectivity index (χ1) is 22.2. The van der Waals surface area contributed by atoms with Crippen LogP contribution in [-0.2, 0) is 11.0 Å². The van der Waals surface area contributed by atoms with Crippen LogP contribution in [0.3, 0.4) is 0 Å². The summed E-state index contributed by atoms with van der Waals surface area (Å²) in [5.41, 5.74) is -3.90. The highest BCUT2D eigenvalue weighted by atomic mass is 19.4. The van der Waals surface area contributed by atoms with E-state index in [0.717, 1.165) is 30.3 Å². The van der Waals surface area contributed by atoms with Gasteiger partial charge in [-0.3, -0.25) is 14.9 Å². The zero-order chi connectivity index (χ0) is 34.0. The standard InChI is InChI=1S/C16H10N2O6.C15H6F5NO2/c1-9(19)23-13-8-3-2-5-10(13)15-17-11-6-4-7-12(18(21)22)14(11)16(20)24-15;16-9-2-1-3-10(17)12(9)13-21-11-5-4-7(15(18,19)20)6-8(11)14(22)23-13/h2-8H,1H3;1-6H. The second-order valence-electron chi connectivity index (χ2n) is 9.46.